The highest BCUT2D eigenvalue weighted by Gasteiger charge is 2.27. The Morgan fingerprint density at radius 1 is 1.07 bits per heavy atom. The SMILES string of the molecule is CCc1nc2nccc(C(=O)N3CCN(C(=O)OCc4ccccc4)CC3)c2[nH]1. The molecule has 0 radical (unpaired) electrons. The van der Waals surface area contributed by atoms with Crippen LogP contribution in [-0.2, 0) is 17.8 Å². The lowest BCUT2D eigenvalue weighted by Crippen LogP contribution is -2.50. The molecular weight excluding hydrogens is 370 g/mol. The molecule has 4 rings (SSSR count). The summed E-state index contributed by atoms with van der Waals surface area (Å²) in [5, 5.41) is 0. The van der Waals surface area contributed by atoms with Gasteiger partial charge in [0.1, 0.15) is 12.4 Å². The first-order valence-electron chi connectivity index (χ1n) is 9.74. The predicted octanol–water partition coefficient (Wildman–Crippen LogP) is 2.61. The number of fused-ring (bicyclic) bond motifs is 1. The summed E-state index contributed by atoms with van der Waals surface area (Å²) in [4.78, 5) is 40.5. The number of piperazine rings is 1. The van der Waals surface area contributed by atoms with Crippen molar-refractivity contribution in [2.45, 2.75) is 20.0 Å². The van der Waals surface area contributed by atoms with Gasteiger partial charge in [0, 0.05) is 38.8 Å². The van der Waals surface area contributed by atoms with E-state index in [1.165, 1.54) is 0 Å². The summed E-state index contributed by atoms with van der Waals surface area (Å²) in [7, 11) is 0. The van der Waals surface area contributed by atoms with Gasteiger partial charge in [-0.05, 0) is 11.6 Å². The molecule has 0 atom stereocenters. The standard InChI is InChI=1S/C21H23N5O3/c1-2-17-23-18-16(8-9-22-19(18)24-17)20(27)25-10-12-26(13-11-25)21(28)29-14-15-6-4-3-5-7-15/h3-9H,2,10-14H2,1H3,(H,22,23,24). The van der Waals surface area contributed by atoms with Crippen LogP contribution >= 0.6 is 0 Å². The highest BCUT2D eigenvalue weighted by Crippen LogP contribution is 2.18. The maximum Gasteiger partial charge on any atom is 0.410 e. The third kappa shape index (κ3) is 4.06. The van der Waals surface area contributed by atoms with Gasteiger partial charge in [0.25, 0.3) is 5.91 Å². The Bertz CT molecular complexity index is 1010. The number of hydrogen-bond donors (Lipinski definition) is 1. The Balaban J connectivity index is 1.36. The van der Waals surface area contributed by atoms with Crippen LogP contribution in [0.5, 0.6) is 0 Å². The average molecular weight is 393 g/mol. The number of H-pyrrole nitrogens is 1. The summed E-state index contributed by atoms with van der Waals surface area (Å²) in [6, 6.07) is 11.3. The molecule has 0 unspecified atom stereocenters. The zero-order valence-corrected chi connectivity index (χ0v) is 16.3. The van der Waals surface area contributed by atoms with Crippen molar-refractivity contribution in [3.8, 4) is 0 Å². The van der Waals surface area contributed by atoms with Crippen LogP contribution in [0.3, 0.4) is 0 Å². The zero-order chi connectivity index (χ0) is 20.2. The van der Waals surface area contributed by atoms with E-state index >= 15 is 0 Å². The summed E-state index contributed by atoms with van der Waals surface area (Å²) < 4.78 is 5.38. The molecule has 8 nitrogen and oxygen atoms in total. The van der Waals surface area contributed by atoms with Gasteiger partial charge in [0.2, 0.25) is 0 Å². The summed E-state index contributed by atoms with van der Waals surface area (Å²) >= 11 is 0. The first kappa shape index (κ1) is 18.9. The van der Waals surface area contributed by atoms with Gasteiger partial charge in [-0.25, -0.2) is 14.8 Å². The van der Waals surface area contributed by atoms with Crippen molar-refractivity contribution < 1.29 is 14.3 Å². The Kier molecular flexibility index (Phi) is 5.41. The largest absolute Gasteiger partial charge is 0.445 e. The third-order valence-corrected chi connectivity index (χ3v) is 5.04. The van der Waals surface area contributed by atoms with Gasteiger partial charge in [-0.15, -0.1) is 0 Å². The first-order chi connectivity index (χ1) is 14.2. The molecule has 1 N–H and O–H groups in total. The molecule has 1 aliphatic heterocycles. The molecule has 0 saturated carbocycles. The molecule has 0 aliphatic carbocycles. The lowest BCUT2D eigenvalue weighted by molar-refractivity contribution is 0.0545. The minimum Gasteiger partial charge on any atom is -0.445 e. The maximum atomic E-state index is 13.0. The van der Waals surface area contributed by atoms with Crippen molar-refractivity contribution in [3.63, 3.8) is 0 Å². The van der Waals surface area contributed by atoms with E-state index in [2.05, 4.69) is 15.0 Å². The highest BCUT2D eigenvalue weighted by atomic mass is 16.6. The number of rotatable bonds is 4. The van der Waals surface area contributed by atoms with E-state index in [0.717, 1.165) is 17.8 Å². The molecule has 1 aromatic carbocycles. The second kappa shape index (κ2) is 8.30. The number of amides is 2. The molecule has 0 spiro atoms. The Morgan fingerprint density at radius 2 is 1.79 bits per heavy atom. The van der Waals surface area contributed by atoms with E-state index in [4.69, 9.17) is 4.74 Å². The number of hydrogen-bond acceptors (Lipinski definition) is 5. The zero-order valence-electron chi connectivity index (χ0n) is 16.3. The number of benzene rings is 1. The Hall–Kier alpha value is -3.42. The number of imidazole rings is 1. The monoisotopic (exact) mass is 393 g/mol. The lowest BCUT2D eigenvalue weighted by atomic mass is 10.2. The van der Waals surface area contributed by atoms with E-state index in [9.17, 15) is 9.59 Å². The van der Waals surface area contributed by atoms with E-state index in [-0.39, 0.29) is 18.6 Å². The van der Waals surface area contributed by atoms with Crippen molar-refractivity contribution >= 4 is 23.2 Å². The summed E-state index contributed by atoms with van der Waals surface area (Å²) in [5.74, 6) is 0.722. The van der Waals surface area contributed by atoms with Crippen LogP contribution in [0.1, 0.15) is 28.7 Å². The van der Waals surface area contributed by atoms with Gasteiger partial charge >= 0.3 is 6.09 Å². The minimum absolute atomic E-state index is 0.0824. The van der Waals surface area contributed by atoms with Crippen LogP contribution < -0.4 is 0 Å². The molecule has 8 heteroatoms. The first-order valence-corrected chi connectivity index (χ1v) is 9.74. The lowest BCUT2D eigenvalue weighted by Gasteiger charge is -2.34. The normalized spacial score (nSPS) is 14.2. The second-order valence-electron chi connectivity index (χ2n) is 6.91. The van der Waals surface area contributed by atoms with Crippen molar-refractivity contribution in [3.05, 3.63) is 59.5 Å². The number of carbonyl (C=O) groups is 2. The molecule has 3 aromatic rings. The number of aromatic nitrogens is 3. The van der Waals surface area contributed by atoms with Crippen molar-refractivity contribution in [2.24, 2.45) is 0 Å². The highest BCUT2D eigenvalue weighted by molar-refractivity contribution is 6.04. The maximum absolute atomic E-state index is 13.0. The van der Waals surface area contributed by atoms with Crippen LogP contribution in [0.15, 0.2) is 42.6 Å². The van der Waals surface area contributed by atoms with Crippen LogP contribution in [0.4, 0.5) is 4.79 Å². The summed E-state index contributed by atoms with van der Waals surface area (Å²) in [6.45, 7) is 4.03. The topological polar surface area (TPSA) is 91.4 Å². The van der Waals surface area contributed by atoms with Gasteiger partial charge in [-0.2, -0.15) is 0 Å². The second-order valence-corrected chi connectivity index (χ2v) is 6.91. The molecule has 0 bridgehead atoms. The molecule has 3 heterocycles. The van der Waals surface area contributed by atoms with Gasteiger partial charge in [-0.3, -0.25) is 4.79 Å². The molecule has 1 aliphatic rings. The Morgan fingerprint density at radius 3 is 2.52 bits per heavy atom. The van der Waals surface area contributed by atoms with Gasteiger partial charge < -0.3 is 19.5 Å². The van der Waals surface area contributed by atoms with Crippen LogP contribution in [-0.4, -0.2) is 62.9 Å². The van der Waals surface area contributed by atoms with Crippen LogP contribution in [0.25, 0.3) is 11.2 Å². The molecular formula is C21H23N5O3. The fourth-order valence-electron chi connectivity index (χ4n) is 3.38. The molecule has 2 amide bonds. The number of nitrogens with zero attached hydrogens (tertiary/aromatic N) is 4. The van der Waals surface area contributed by atoms with Gasteiger partial charge in [0.15, 0.2) is 5.65 Å². The van der Waals surface area contributed by atoms with E-state index in [1.807, 2.05) is 37.3 Å². The third-order valence-electron chi connectivity index (χ3n) is 5.04. The number of nitrogens with one attached hydrogen (secondary N) is 1. The van der Waals surface area contributed by atoms with Crippen molar-refractivity contribution in [2.75, 3.05) is 26.2 Å². The molecule has 150 valence electrons. The quantitative estimate of drug-likeness (QED) is 0.736. The van der Waals surface area contributed by atoms with Crippen LogP contribution in [0, 0.1) is 0 Å². The van der Waals surface area contributed by atoms with Crippen LogP contribution in [0.2, 0.25) is 0 Å². The number of aromatic amines is 1. The Labute approximate surface area is 168 Å². The van der Waals surface area contributed by atoms with Gasteiger partial charge in [0.05, 0.1) is 11.1 Å². The number of aryl methyl sites for hydroxylation is 1. The van der Waals surface area contributed by atoms with Crippen molar-refractivity contribution in [1.29, 1.82) is 0 Å². The van der Waals surface area contributed by atoms with Crippen molar-refractivity contribution in [1.82, 2.24) is 24.8 Å². The summed E-state index contributed by atoms with van der Waals surface area (Å²) in [6.07, 6.45) is 1.99. The minimum atomic E-state index is -0.353. The number of pyridine rings is 1. The number of ether oxygens (including phenoxy) is 1. The van der Waals surface area contributed by atoms with E-state index in [0.29, 0.717) is 42.9 Å². The molecule has 29 heavy (non-hydrogen) atoms. The predicted molar refractivity (Wildman–Crippen MR) is 107 cm³/mol. The smallest absolute Gasteiger partial charge is 0.410 e. The average Bonchev–Trinajstić information content (AvgIpc) is 3.21. The fourth-order valence-corrected chi connectivity index (χ4v) is 3.38. The summed E-state index contributed by atoms with van der Waals surface area (Å²) in [5.41, 5.74) is 2.72. The fraction of sp³-hybridized carbons (Fsp3) is 0.333. The molecule has 2 aromatic heterocycles. The molecule has 1 fully saturated rings. The van der Waals surface area contributed by atoms with E-state index in [1.54, 1.807) is 22.1 Å². The van der Waals surface area contributed by atoms with Gasteiger partial charge in [-0.1, -0.05) is 37.3 Å². The van der Waals surface area contributed by atoms with E-state index < -0.39 is 0 Å². The number of carbonyl (C=O) groups excluding carboxylic acids is 2. The molecule has 1 saturated heterocycles.